The molecule has 0 radical (unpaired) electrons. The zero-order chi connectivity index (χ0) is 14.0. The van der Waals surface area contributed by atoms with Crippen molar-refractivity contribution in [2.24, 2.45) is 5.73 Å². The molecule has 0 fully saturated rings. The predicted molar refractivity (Wildman–Crippen MR) is 73.0 cm³/mol. The number of amides is 1. The monoisotopic (exact) mass is 259 g/mol. The zero-order valence-corrected chi connectivity index (χ0v) is 11.2. The van der Waals surface area contributed by atoms with E-state index in [4.69, 9.17) is 10.2 Å². The number of nitrogens with zero attached hydrogens (tertiary/aromatic N) is 1. The Bertz CT molecular complexity index is 602. The molecule has 100 valence electrons. The Morgan fingerprint density at radius 1 is 1.37 bits per heavy atom. The molecule has 5 nitrogen and oxygen atoms in total. The molecule has 3 N–H and O–H groups in total. The van der Waals surface area contributed by atoms with Gasteiger partial charge in [0.25, 0.3) is 5.91 Å². The highest BCUT2D eigenvalue weighted by Crippen LogP contribution is 2.16. The largest absolute Gasteiger partial charge is 0.446 e. The van der Waals surface area contributed by atoms with E-state index in [1.807, 2.05) is 32.0 Å². The van der Waals surface area contributed by atoms with Crippen molar-refractivity contribution in [1.29, 1.82) is 0 Å². The van der Waals surface area contributed by atoms with Gasteiger partial charge in [-0.3, -0.25) is 4.79 Å². The molecule has 1 aromatic carbocycles. The van der Waals surface area contributed by atoms with Gasteiger partial charge in [0, 0.05) is 5.69 Å². The van der Waals surface area contributed by atoms with Gasteiger partial charge < -0.3 is 15.5 Å². The maximum absolute atomic E-state index is 12.0. The van der Waals surface area contributed by atoms with Crippen LogP contribution < -0.4 is 11.1 Å². The fourth-order valence-corrected chi connectivity index (χ4v) is 1.62. The van der Waals surface area contributed by atoms with Crippen LogP contribution in [0.4, 0.5) is 5.69 Å². The highest BCUT2D eigenvalue weighted by Gasteiger charge is 2.14. The molecule has 0 aliphatic rings. The lowest BCUT2D eigenvalue weighted by molar-refractivity contribution is 0.102. The second-order valence-corrected chi connectivity index (χ2v) is 4.61. The maximum atomic E-state index is 12.0. The van der Waals surface area contributed by atoms with Gasteiger partial charge in [-0.25, -0.2) is 4.98 Å². The maximum Gasteiger partial charge on any atom is 0.277 e. The second-order valence-electron chi connectivity index (χ2n) is 4.61. The van der Waals surface area contributed by atoms with E-state index in [0.717, 1.165) is 11.3 Å². The first-order chi connectivity index (χ1) is 8.97. The summed E-state index contributed by atoms with van der Waals surface area (Å²) in [5, 5.41) is 2.78. The summed E-state index contributed by atoms with van der Waals surface area (Å²) in [5.74, 6) is 0.0455. The molecule has 0 bridgehead atoms. The van der Waals surface area contributed by atoms with Gasteiger partial charge in [-0.05, 0) is 44.0 Å². The minimum atomic E-state index is -0.330. The topological polar surface area (TPSA) is 81.2 Å². The summed E-state index contributed by atoms with van der Waals surface area (Å²) in [6, 6.07) is 5.40. The normalized spacial score (nSPS) is 12.2. The first kappa shape index (κ1) is 13.3. The number of rotatable bonds is 3. The Hall–Kier alpha value is -2.14. The van der Waals surface area contributed by atoms with Crippen molar-refractivity contribution >= 4 is 11.6 Å². The second kappa shape index (κ2) is 5.24. The minimum Gasteiger partial charge on any atom is -0.446 e. The van der Waals surface area contributed by atoms with Gasteiger partial charge in [-0.15, -0.1) is 0 Å². The number of hydrogen-bond acceptors (Lipinski definition) is 4. The van der Waals surface area contributed by atoms with Crippen LogP contribution in [0.25, 0.3) is 0 Å². The number of oxazole rings is 1. The molecule has 1 unspecified atom stereocenters. The lowest BCUT2D eigenvalue weighted by Gasteiger charge is -2.05. The molecule has 0 spiro atoms. The third kappa shape index (κ3) is 3.00. The standard InChI is InChI=1S/C14H17N3O2/c1-8-4-5-11(6-9(8)2)16-13(18)12-7-19-14(17-12)10(3)15/h4-7,10H,15H2,1-3H3,(H,16,18). The van der Waals surface area contributed by atoms with Crippen LogP contribution in [0.2, 0.25) is 0 Å². The van der Waals surface area contributed by atoms with Crippen LogP contribution in [-0.2, 0) is 0 Å². The molecule has 19 heavy (non-hydrogen) atoms. The number of hydrogen-bond donors (Lipinski definition) is 2. The molecule has 5 heteroatoms. The van der Waals surface area contributed by atoms with Crippen molar-refractivity contribution in [2.45, 2.75) is 26.8 Å². The Labute approximate surface area is 111 Å². The van der Waals surface area contributed by atoms with Crippen LogP contribution in [-0.4, -0.2) is 10.9 Å². The van der Waals surface area contributed by atoms with Gasteiger partial charge in [0.1, 0.15) is 6.26 Å². The van der Waals surface area contributed by atoms with E-state index in [2.05, 4.69) is 10.3 Å². The molecule has 0 aliphatic carbocycles. The van der Waals surface area contributed by atoms with Gasteiger partial charge in [-0.2, -0.15) is 0 Å². The van der Waals surface area contributed by atoms with Crippen molar-refractivity contribution in [3.05, 3.63) is 47.2 Å². The first-order valence-electron chi connectivity index (χ1n) is 6.07. The fourth-order valence-electron chi connectivity index (χ4n) is 1.62. The summed E-state index contributed by atoms with van der Waals surface area (Å²) < 4.78 is 5.13. The minimum absolute atomic E-state index is 0.227. The SMILES string of the molecule is Cc1ccc(NC(=O)c2coc(C(C)N)n2)cc1C. The van der Waals surface area contributed by atoms with E-state index in [-0.39, 0.29) is 17.6 Å². The van der Waals surface area contributed by atoms with E-state index in [1.165, 1.54) is 11.8 Å². The molecule has 2 aromatic rings. The van der Waals surface area contributed by atoms with Crippen molar-refractivity contribution in [2.75, 3.05) is 5.32 Å². The summed E-state index contributed by atoms with van der Waals surface area (Å²) >= 11 is 0. The van der Waals surface area contributed by atoms with E-state index in [1.54, 1.807) is 6.92 Å². The Morgan fingerprint density at radius 3 is 2.68 bits per heavy atom. The van der Waals surface area contributed by atoms with Gasteiger partial charge >= 0.3 is 0 Å². The van der Waals surface area contributed by atoms with Gasteiger partial charge in [0.05, 0.1) is 6.04 Å². The molecule has 0 saturated heterocycles. The summed E-state index contributed by atoms with van der Waals surface area (Å²) in [4.78, 5) is 16.0. The van der Waals surface area contributed by atoms with Gasteiger partial charge in [0.2, 0.25) is 5.89 Å². The summed E-state index contributed by atoms with van der Waals surface area (Å²) in [6.45, 7) is 5.76. The zero-order valence-electron chi connectivity index (χ0n) is 11.2. The number of nitrogens with two attached hydrogens (primary N) is 1. The smallest absolute Gasteiger partial charge is 0.277 e. The highest BCUT2D eigenvalue weighted by molar-refractivity contribution is 6.02. The predicted octanol–water partition coefficient (Wildman–Crippen LogP) is 2.56. The highest BCUT2D eigenvalue weighted by atomic mass is 16.3. The molecule has 0 saturated carbocycles. The number of carbonyl (C=O) groups excluding carboxylic acids is 1. The number of benzene rings is 1. The van der Waals surface area contributed by atoms with Crippen LogP contribution in [0.15, 0.2) is 28.9 Å². The van der Waals surface area contributed by atoms with Crippen LogP contribution in [0, 0.1) is 13.8 Å². The lowest BCUT2D eigenvalue weighted by atomic mass is 10.1. The van der Waals surface area contributed by atoms with Crippen molar-refractivity contribution in [3.8, 4) is 0 Å². The van der Waals surface area contributed by atoms with Gasteiger partial charge in [0.15, 0.2) is 5.69 Å². The molecule has 1 atom stereocenters. The molecule has 1 heterocycles. The first-order valence-corrected chi connectivity index (χ1v) is 6.07. The Balaban J connectivity index is 2.13. The van der Waals surface area contributed by atoms with Gasteiger partial charge in [-0.1, -0.05) is 6.07 Å². The molecule has 2 rings (SSSR count). The van der Waals surface area contributed by atoms with Crippen LogP contribution in [0.3, 0.4) is 0 Å². The van der Waals surface area contributed by atoms with Crippen LogP contribution in [0.1, 0.15) is 40.5 Å². The quantitative estimate of drug-likeness (QED) is 0.887. The summed E-state index contributed by atoms with van der Waals surface area (Å²) in [6.07, 6.45) is 1.31. The molecular weight excluding hydrogens is 242 g/mol. The lowest BCUT2D eigenvalue weighted by Crippen LogP contribution is -2.13. The number of aryl methyl sites for hydroxylation is 2. The Morgan fingerprint density at radius 2 is 2.11 bits per heavy atom. The molecular formula is C14H17N3O2. The number of anilines is 1. The summed E-state index contributed by atoms with van der Waals surface area (Å²) in [5.41, 5.74) is 8.89. The van der Waals surface area contributed by atoms with Crippen molar-refractivity contribution < 1.29 is 9.21 Å². The van der Waals surface area contributed by atoms with Crippen LogP contribution in [0.5, 0.6) is 0 Å². The fraction of sp³-hybridized carbons (Fsp3) is 0.286. The van der Waals surface area contributed by atoms with Crippen molar-refractivity contribution in [1.82, 2.24) is 4.98 Å². The summed E-state index contributed by atoms with van der Waals surface area (Å²) in [7, 11) is 0. The van der Waals surface area contributed by atoms with E-state index >= 15 is 0 Å². The number of aromatic nitrogens is 1. The third-order valence-corrected chi connectivity index (χ3v) is 2.91. The number of nitrogens with one attached hydrogen (secondary N) is 1. The van der Waals surface area contributed by atoms with E-state index < -0.39 is 0 Å². The van der Waals surface area contributed by atoms with Crippen LogP contribution >= 0.6 is 0 Å². The van der Waals surface area contributed by atoms with Crippen molar-refractivity contribution in [3.63, 3.8) is 0 Å². The molecule has 1 aromatic heterocycles. The average Bonchev–Trinajstić information content (AvgIpc) is 2.83. The molecule has 1 amide bonds. The Kier molecular flexibility index (Phi) is 3.66. The average molecular weight is 259 g/mol. The number of carbonyl (C=O) groups is 1. The van der Waals surface area contributed by atoms with E-state index in [0.29, 0.717) is 5.89 Å². The van der Waals surface area contributed by atoms with E-state index in [9.17, 15) is 4.79 Å². The molecule has 0 aliphatic heterocycles. The third-order valence-electron chi connectivity index (χ3n) is 2.91.